The van der Waals surface area contributed by atoms with Crippen LogP contribution >= 0.6 is 0 Å². The van der Waals surface area contributed by atoms with E-state index in [1.54, 1.807) is 38.0 Å². The van der Waals surface area contributed by atoms with Crippen molar-refractivity contribution in [3.63, 3.8) is 0 Å². The topological polar surface area (TPSA) is 90.6 Å². The zero-order valence-electron chi connectivity index (χ0n) is 14.7. The number of rotatable bonds is 6. The second kappa shape index (κ2) is 7.64. The monoisotopic (exact) mass is 353 g/mol. The average Bonchev–Trinajstić information content (AvgIpc) is 3.11. The maximum Gasteiger partial charge on any atom is 0.264 e. The average molecular weight is 353 g/mol. The van der Waals surface area contributed by atoms with Gasteiger partial charge < -0.3 is 9.47 Å². The standard InChI is InChI=1S/C18H19N5O3/c1-12(23-15-7-5-4-6-14(15)20-22-23)18(24)21-19-11-13-8-9-16(25-2)17(10-13)26-3/h4-12H,1-3H3,(H,21,24). The molecule has 0 aliphatic rings. The molecule has 3 aromatic rings. The van der Waals surface area contributed by atoms with Crippen LogP contribution in [0.15, 0.2) is 47.6 Å². The Hall–Kier alpha value is -3.42. The number of para-hydroxylation sites is 1. The van der Waals surface area contributed by atoms with Gasteiger partial charge in [0.15, 0.2) is 11.5 Å². The molecule has 1 N–H and O–H groups in total. The minimum atomic E-state index is -0.551. The normalized spacial score (nSPS) is 12.3. The van der Waals surface area contributed by atoms with Gasteiger partial charge in [-0.15, -0.1) is 5.10 Å². The minimum Gasteiger partial charge on any atom is -0.493 e. The van der Waals surface area contributed by atoms with E-state index >= 15 is 0 Å². The van der Waals surface area contributed by atoms with Crippen molar-refractivity contribution in [3.05, 3.63) is 48.0 Å². The van der Waals surface area contributed by atoms with Gasteiger partial charge in [0.25, 0.3) is 5.91 Å². The summed E-state index contributed by atoms with van der Waals surface area (Å²) in [6, 6.07) is 12.3. The first-order valence-corrected chi connectivity index (χ1v) is 7.99. The van der Waals surface area contributed by atoms with Crippen LogP contribution in [0, 0.1) is 0 Å². The zero-order valence-corrected chi connectivity index (χ0v) is 14.7. The van der Waals surface area contributed by atoms with E-state index in [9.17, 15) is 4.79 Å². The van der Waals surface area contributed by atoms with Gasteiger partial charge in [-0.3, -0.25) is 4.79 Å². The quantitative estimate of drug-likeness (QED) is 0.542. The van der Waals surface area contributed by atoms with Crippen LogP contribution in [0.2, 0.25) is 0 Å². The molecule has 0 spiro atoms. The maximum absolute atomic E-state index is 12.3. The number of hydrazone groups is 1. The Kier molecular flexibility index (Phi) is 5.12. The summed E-state index contributed by atoms with van der Waals surface area (Å²) in [4.78, 5) is 12.3. The van der Waals surface area contributed by atoms with Crippen molar-refractivity contribution in [2.24, 2.45) is 5.10 Å². The van der Waals surface area contributed by atoms with E-state index in [4.69, 9.17) is 9.47 Å². The van der Waals surface area contributed by atoms with Crippen LogP contribution in [0.4, 0.5) is 0 Å². The molecule has 26 heavy (non-hydrogen) atoms. The van der Waals surface area contributed by atoms with Gasteiger partial charge >= 0.3 is 0 Å². The number of carbonyl (C=O) groups excluding carboxylic acids is 1. The first kappa shape index (κ1) is 17.4. The number of ether oxygens (including phenoxy) is 2. The molecular formula is C18H19N5O3. The van der Waals surface area contributed by atoms with Gasteiger partial charge in [0.05, 0.1) is 26.0 Å². The summed E-state index contributed by atoms with van der Waals surface area (Å²) >= 11 is 0. The molecule has 0 radical (unpaired) electrons. The lowest BCUT2D eigenvalue weighted by atomic mass is 10.2. The van der Waals surface area contributed by atoms with E-state index in [-0.39, 0.29) is 5.91 Å². The number of hydrogen-bond acceptors (Lipinski definition) is 6. The van der Waals surface area contributed by atoms with Gasteiger partial charge in [0, 0.05) is 0 Å². The second-order valence-corrected chi connectivity index (χ2v) is 5.55. The van der Waals surface area contributed by atoms with Gasteiger partial charge in [-0.25, -0.2) is 10.1 Å². The molecule has 8 heteroatoms. The number of amides is 1. The minimum absolute atomic E-state index is 0.294. The number of carbonyl (C=O) groups is 1. The van der Waals surface area contributed by atoms with E-state index in [1.807, 2.05) is 30.3 Å². The van der Waals surface area contributed by atoms with E-state index in [1.165, 1.54) is 6.21 Å². The van der Waals surface area contributed by atoms with Crippen molar-refractivity contribution >= 4 is 23.2 Å². The van der Waals surface area contributed by atoms with Crippen molar-refractivity contribution < 1.29 is 14.3 Å². The largest absolute Gasteiger partial charge is 0.493 e. The highest BCUT2D eigenvalue weighted by atomic mass is 16.5. The first-order valence-electron chi connectivity index (χ1n) is 7.99. The predicted octanol–water partition coefficient (Wildman–Crippen LogP) is 2.16. The van der Waals surface area contributed by atoms with Crippen LogP contribution < -0.4 is 14.9 Å². The Labute approximate surface area is 150 Å². The zero-order chi connectivity index (χ0) is 18.5. The smallest absolute Gasteiger partial charge is 0.264 e. The summed E-state index contributed by atoms with van der Waals surface area (Å²) in [6.07, 6.45) is 1.53. The molecular weight excluding hydrogens is 334 g/mol. The Morgan fingerprint density at radius 3 is 2.73 bits per heavy atom. The van der Waals surface area contributed by atoms with E-state index in [0.29, 0.717) is 11.5 Å². The van der Waals surface area contributed by atoms with Crippen LogP contribution in [0.25, 0.3) is 11.0 Å². The molecule has 0 fully saturated rings. The highest BCUT2D eigenvalue weighted by molar-refractivity contribution is 5.85. The molecule has 2 aromatic carbocycles. The van der Waals surface area contributed by atoms with Crippen LogP contribution in [0.1, 0.15) is 18.5 Å². The third-order valence-electron chi connectivity index (χ3n) is 3.92. The molecule has 1 atom stereocenters. The molecule has 1 heterocycles. The summed E-state index contributed by atoms with van der Waals surface area (Å²) in [6.45, 7) is 1.74. The van der Waals surface area contributed by atoms with Gasteiger partial charge in [-0.05, 0) is 42.8 Å². The highest BCUT2D eigenvalue weighted by Gasteiger charge is 2.18. The highest BCUT2D eigenvalue weighted by Crippen LogP contribution is 2.26. The molecule has 134 valence electrons. The van der Waals surface area contributed by atoms with Crippen molar-refractivity contribution in [1.82, 2.24) is 20.4 Å². The fourth-order valence-corrected chi connectivity index (χ4v) is 2.48. The third kappa shape index (κ3) is 3.49. The molecule has 1 aromatic heterocycles. The molecule has 0 aliphatic heterocycles. The van der Waals surface area contributed by atoms with Crippen LogP contribution in [0.3, 0.4) is 0 Å². The lowest BCUT2D eigenvalue weighted by Crippen LogP contribution is -2.28. The van der Waals surface area contributed by atoms with E-state index in [2.05, 4.69) is 20.8 Å². The SMILES string of the molecule is COc1ccc(C=NNC(=O)C(C)n2nnc3ccccc32)cc1OC. The van der Waals surface area contributed by atoms with Crippen molar-refractivity contribution in [3.8, 4) is 11.5 Å². The molecule has 0 saturated heterocycles. The number of aromatic nitrogens is 3. The third-order valence-corrected chi connectivity index (χ3v) is 3.92. The first-order chi connectivity index (χ1) is 12.6. The summed E-state index contributed by atoms with van der Waals surface area (Å²) in [5.74, 6) is 0.919. The van der Waals surface area contributed by atoms with Crippen molar-refractivity contribution in [1.29, 1.82) is 0 Å². The van der Waals surface area contributed by atoms with Crippen molar-refractivity contribution in [2.45, 2.75) is 13.0 Å². The van der Waals surface area contributed by atoms with E-state index in [0.717, 1.165) is 16.6 Å². The van der Waals surface area contributed by atoms with Gasteiger partial charge in [-0.1, -0.05) is 17.3 Å². The van der Waals surface area contributed by atoms with Crippen LogP contribution in [-0.4, -0.2) is 41.3 Å². The van der Waals surface area contributed by atoms with Crippen LogP contribution in [-0.2, 0) is 4.79 Å². The molecule has 1 unspecified atom stereocenters. The number of nitrogens with zero attached hydrogens (tertiary/aromatic N) is 4. The lowest BCUT2D eigenvalue weighted by molar-refractivity contribution is -0.124. The summed E-state index contributed by atoms with van der Waals surface area (Å²) < 4.78 is 12.0. The summed E-state index contributed by atoms with van der Waals surface area (Å²) in [7, 11) is 3.13. The van der Waals surface area contributed by atoms with Gasteiger partial charge in [0.1, 0.15) is 11.6 Å². The molecule has 1 amide bonds. The Bertz CT molecular complexity index is 951. The number of benzene rings is 2. The maximum atomic E-state index is 12.3. The number of fused-ring (bicyclic) bond motifs is 1. The summed E-state index contributed by atoms with van der Waals surface area (Å²) in [5, 5.41) is 12.1. The Morgan fingerprint density at radius 2 is 1.96 bits per heavy atom. The molecule has 0 bridgehead atoms. The Morgan fingerprint density at radius 1 is 1.19 bits per heavy atom. The van der Waals surface area contributed by atoms with Gasteiger partial charge in [-0.2, -0.15) is 5.10 Å². The molecule has 0 saturated carbocycles. The summed E-state index contributed by atoms with van der Waals surface area (Å²) in [5.41, 5.74) is 4.81. The molecule has 8 nitrogen and oxygen atoms in total. The fraction of sp³-hybridized carbons (Fsp3) is 0.222. The fourth-order valence-electron chi connectivity index (χ4n) is 2.48. The lowest BCUT2D eigenvalue weighted by Gasteiger charge is -2.10. The van der Waals surface area contributed by atoms with E-state index < -0.39 is 6.04 Å². The van der Waals surface area contributed by atoms with Crippen LogP contribution in [0.5, 0.6) is 11.5 Å². The second-order valence-electron chi connectivity index (χ2n) is 5.55. The van der Waals surface area contributed by atoms with Gasteiger partial charge in [0.2, 0.25) is 0 Å². The number of methoxy groups -OCH3 is 2. The molecule has 0 aliphatic carbocycles. The van der Waals surface area contributed by atoms with Crippen molar-refractivity contribution in [2.75, 3.05) is 14.2 Å². The predicted molar refractivity (Wildman–Crippen MR) is 97.5 cm³/mol. The number of hydrogen-bond donors (Lipinski definition) is 1. The Balaban J connectivity index is 1.69. The molecule has 3 rings (SSSR count). The number of nitrogens with one attached hydrogen (secondary N) is 1.